The summed E-state index contributed by atoms with van der Waals surface area (Å²) in [4.78, 5) is 10.7. The van der Waals surface area contributed by atoms with Crippen molar-refractivity contribution in [3.8, 4) is 11.1 Å². The maximum absolute atomic E-state index is 13.8. The highest BCUT2D eigenvalue weighted by atomic mass is 35.5. The van der Waals surface area contributed by atoms with E-state index in [9.17, 15) is 13.6 Å². The molecule has 2 nitrogen and oxygen atoms in total. The molecule has 0 aliphatic carbocycles. The number of carboxylic acid groups (broad SMARTS) is 1. The minimum atomic E-state index is -1.53. The predicted octanol–water partition coefficient (Wildman–Crippen LogP) is 4.64. The second kappa shape index (κ2) is 5.15. The molecule has 0 unspecified atom stereocenters. The molecular weight excluding hydrogens is 297 g/mol. The Morgan fingerprint density at radius 2 is 1.68 bits per heavy atom. The molecule has 98 valence electrons. The lowest BCUT2D eigenvalue weighted by atomic mass is 10.0. The highest BCUT2D eigenvalue weighted by Crippen LogP contribution is 2.31. The van der Waals surface area contributed by atoms with Gasteiger partial charge in [0.15, 0.2) is 11.6 Å². The SMILES string of the molecule is O=C(O)c1ccc(-c2ccc(Cl)c(Cl)c2)c(F)c1F. The van der Waals surface area contributed by atoms with Crippen molar-refractivity contribution in [2.24, 2.45) is 0 Å². The molecule has 0 bridgehead atoms. The van der Waals surface area contributed by atoms with Gasteiger partial charge in [0.1, 0.15) is 0 Å². The molecule has 0 spiro atoms. The van der Waals surface area contributed by atoms with Gasteiger partial charge >= 0.3 is 5.97 Å². The lowest BCUT2D eigenvalue weighted by molar-refractivity contribution is 0.0690. The second-order valence-corrected chi connectivity index (χ2v) is 4.54. The Bertz CT molecular complexity index is 672. The first-order valence-electron chi connectivity index (χ1n) is 5.08. The van der Waals surface area contributed by atoms with E-state index < -0.39 is 23.2 Å². The van der Waals surface area contributed by atoms with Crippen molar-refractivity contribution in [2.45, 2.75) is 0 Å². The fraction of sp³-hybridized carbons (Fsp3) is 0. The Morgan fingerprint density at radius 3 is 2.26 bits per heavy atom. The van der Waals surface area contributed by atoms with Gasteiger partial charge in [-0.3, -0.25) is 0 Å². The number of hydrogen-bond donors (Lipinski definition) is 1. The van der Waals surface area contributed by atoms with Crippen LogP contribution in [-0.4, -0.2) is 11.1 Å². The van der Waals surface area contributed by atoms with Crippen LogP contribution in [0.4, 0.5) is 8.78 Å². The second-order valence-electron chi connectivity index (χ2n) is 3.72. The first-order chi connectivity index (χ1) is 8.91. The van der Waals surface area contributed by atoms with Crippen LogP contribution in [0.5, 0.6) is 0 Å². The van der Waals surface area contributed by atoms with Crippen molar-refractivity contribution in [1.29, 1.82) is 0 Å². The minimum Gasteiger partial charge on any atom is -0.478 e. The summed E-state index contributed by atoms with van der Waals surface area (Å²) in [5.74, 6) is -4.17. The molecule has 0 atom stereocenters. The lowest BCUT2D eigenvalue weighted by Gasteiger charge is -2.07. The van der Waals surface area contributed by atoms with E-state index in [1.54, 1.807) is 0 Å². The van der Waals surface area contributed by atoms with Crippen molar-refractivity contribution in [3.05, 3.63) is 57.6 Å². The highest BCUT2D eigenvalue weighted by molar-refractivity contribution is 6.42. The van der Waals surface area contributed by atoms with Crippen LogP contribution in [0.1, 0.15) is 10.4 Å². The molecule has 0 saturated heterocycles. The Labute approximate surface area is 117 Å². The van der Waals surface area contributed by atoms with E-state index in [4.69, 9.17) is 28.3 Å². The summed E-state index contributed by atoms with van der Waals surface area (Å²) >= 11 is 11.5. The van der Waals surface area contributed by atoms with Gasteiger partial charge in [0.2, 0.25) is 0 Å². The molecule has 0 radical (unpaired) electrons. The summed E-state index contributed by atoms with van der Waals surface area (Å²) in [6, 6.07) is 6.47. The highest BCUT2D eigenvalue weighted by Gasteiger charge is 2.19. The van der Waals surface area contributed by atoms with Crippen LogP contribution in [0, 0.1) is 11.6 Å². The van der Waals surface area contributed by atoms with E-state index in [-0.39, 0.29) is 15.6 Å². The molecule has 0 heterocycles. The van der Waals surface area contributed by atoms with Gasteiger partial charge in [-0.05, 0) is 23.8 Å². The predicted molar refractivity (Wildman–Crippen MR) is 68.8 cm³/mol. The van der Waals surface area contributed by atoms with Crippen molar-refractivity contribution in [3.63, 3.8) is 0 Å². The monoisotopic (exact) mass is 302 g/mol. The zero-order valence-corrected chi connectivity index (χ0v) is 10.8. The third-order valence-electron chi connectivity index (χ3n) is 2.54. The molecule has 0 fully saturated rings. The summed E-state index contributed by atoms with van der Waals surface area (Å²) in [5.41, 5.74) is -0.495. The van der Waals surface area contributed by atoms with Crippen LogP contribution in [-0.2, 0) is 0 Å². The van der Waals surface area contributed by atoms with Crippen molar-refractivity contribution in [2.75, 3.05) is 0 Å². The third kappa shape index (κ3) is 2.55. The first-order valence-corrected chi connectivity index (χ1v) is 5.84. The summed E-state index contributed by atoms with van der Waals surface area (Å²) < 4.78 is 27.4. The van der Waals surface area contributed by atoms with Crippen LogP contribution < -0.4 is 0 Å². The minimum absolute atomic E-state index is 0.0823. The van der Waals surface area contributed by atoms with Gasteiger partial charge in [0.05, 0.1) is 15.6 Å². The van der Waals surface area contributed by atoms with Crippen LogP contribution in [0.25, 0.3) is 11.1 Å². The summed E-state index contributed by atoms with van der Waals surface area (Å²) in [7, 11) is 0. The third-order valence-corrected chi connectivity index (χ3v) is 3.28. The molecular formula is C13H6Cl2F2O2. The van der Waals surface area contributed by atoms with Crippen molar-refractivity contribution in [1.82, 2.24) is 0 Å². The molecule has 2 aromatic carbocycles. The largest absolute Gasteiger partial charge is 0.478 e. The van der Waals surface area contributed by atoms with Crippen LogP contribution >= 0.6 is 23.2 Å². The smallest absolute Gasteiger partial charge is 0.338 e. The number of hydrogen-bond acceptors (Lipinski definition) is 1. The van der Waals surface area contributed by atoms with Crippen LogP contribution in [0.15, 0.2) is 30.3 Å². The molecule has 0 amide bonds. The number of rotatable bonds is 2. The lowest BCUT2D eigenvalue weighted by Crippen LogP contribution is -2.03. The number of halogens is 4. The molecule has 6 heteroatoms. The van der Waals surface area contributed by atoms with Gasteiger partial charge in [-0.2, -0.15) is 0 Å². The molecule has 0 aromatic heterocycles. The zero-order chi connectivity index (χ0) is 14.2. The van der Waals surface area contributed by atoms with E-state index in [2.05, 4.69) is 0 Å². The molecule has 1 N–H and O–H groups in total. The Hall–Kier alpha value is -1.65. The standard InChI is InChI=1S/C13H6Cl2F2O2/c14-9-4-1-6(5-10(9)15)7-2-3-8(13(18)19)12(17)11(7)16/h1-5H,(H,18,19). The quantitative estimate of drug-likeness (QED) is 0.877. The van der Waals surface area contributed by atoms with E-state index in [1.807, 2.05) is 0 Å². The van der Waals surface area contributed by atoms with Crippen LogP contribution in [0.2, 0.25) is 10.0 Å². The zero-order valence-electron chi connectivity index (χ0n) is 9.25. The van der Waals surface area contributed by atoms with Gasteiger partial charge in [-0.1, -0.05) is 35.3 Å². The number of benzene rings is 2. The number of carboxylic acids is 1. The summed E-state index contributed by atoms with van der Waals surface area (Å²) in [5, 5.41) is 9.17. The van der Waals surface area contributed by atoms with E-state index in [0.717, 1.165) is 6.07 Å². The van der Waals surface area contributed by atoms with Gasteiger partial charge in [-0.15, -0.1) is 0 Å². The molecule has 2 rings (SSSR count). The van der Waals surface area contributed by atoms with E-state index >= 15 is 0 Å². The Kier molecular flexibility index (Phi) is 3.73. The molecule has 0 aliphatic heterocycles. The van der Waals surface area contributed by atoms with Gasteiger partial charge < -0.3 is 5.11 Å². The summed E-state index contributed by atoms with van der Waals surface area (Å²) in [6.45, 7) is 0. The van der Waals surface area contributed by atoms with Gasteiger partial charge in [0, 0.05) is 5.56 Å². The van der Waals surface area contributed by atoms with E-state index in [1.165, 1.54) is 24.3 Å². The Balaban J connectivity index is 2.60. The van der Waals surface area contributed by atoms with Crippen molar-refractivity contribution >= 4 is 29.2 Å². The molecule has 2 aromatic rings. The first kappa shape index (κ1) is 13.8. The van der Waals surface area contributed by atoms with Crippen LogP contribution in [0.3, 0.4) is 0 Å². The Morgan fingerprint density at radius 1 is 1.00 bits per heavy atom. The maximum atomic E-state index is 13.8. The molecule has 0 saturated carbocycles. The fourth-order valence-corrected chi connectivity index (χ4v) is 1.90. The summed E-state index contributed by atoms with van der Waals surface area (Å²) in [6.07, 6.45) is 0. The van der Waals surface area contributed by atoms with Crippen molar-refractivity contribution < 1.29 is 18.7 Å². The van der Waals surface area contributed by atoms with Gasteiger partial charge in [0.25, 0.3) is 0 Å². The maximum Gasteiger partial charge on any atom is 0.338 e. The van der Waals surface area contributed by atoms with E-state index in [0.29, 0.717) is 5.56 Å². The molecule has 0 aliphatic rings. The molecule has 19 heavy (non-hydrogen) atoms. The normalized spacial score (nSPS) is 10.5. The average Bonchev–Trinajstić information content (AvgIpc) is 2.36. The van der Waals surface area contributed by atoms with Gasteiger partial charge in [-0.25, -0.2) is 13.6 Å². The number of aromatic carboxylic acids is 1. The average molecular weight is 303 g/mol. The fourth-order valence-electron chi connectivity index (χ4n) is 1.60. The topological polar surface area (TPSA) is 37.3 Å². The number of carbonyl (C=O) groups is 1.